The predicted molar refractivity (Wildman–Crippen MR) is 129 cm³/mol. The number of benzene rings is 1. The summed E-state index contributed by atoms with van der Waals surface area (Å²) in [5.74, 6) is 1.55. The fraction of sp³-hybridized carbons (Fsp3) is 0.560. The Kier molecular flexibility index (Phi) is 7.15. The second kappa shape index (κ2) is 10.4. The number of likely N-dealkylation sites (tertiary alicyclic amines) is 1. The lowest BCUT2D eigenvalue weighted by molar-refractivity contribution is -0.131. The molecule has 9 heteroatoms. The molecule has 1 aromatic carbocycles. The van der Waals surface area contributed by atoms with Crippen LogP contribution in [0, 0.1) is 11.7 Å². The first-order valence-corrected chi connectivity index (χ1v) is 12.6. The lowest BCUT2D eigenvalue weighted by atomic mass is 9.92. The molecule has 34 heavy (non-hydrogen) atoms. The highest BCUT2D eigenvalue weighted by Crippen LogP contribution is 2.26. The van der Waals surface area contributed by atoms with E-state index in [4.69, 9.17) is 16.3 Å². The van der Waals surface area contributed by atoms with Crippen LogP contribution in [0.5, 0.6) is 5.75 Å². The number of anilines is 1. The van der Waals surface area contributed by atoms with Gasteiger partial charge in [-0.25, -0.2) is 14.4 Å². The minimum Gasteiger partial charge on any atom is -0.493 e. The average Bonchev–Trinajstić information content (AvgIpc) is 3.48. The molecule has 5 rings (SSSR count). The number of carbonyl (C=O) groups is 1. The zero-order chi connectivity index (χ0) is 23.5. The number of carbonyl (C=O) groups excluding carboxylic acids is 1. The summed E-state index contributed by atoms with van der Waals surface area (Å²) in [6.45, 7) is 4.02. The van der Waals surface area contributed by atoms with Gasteiger partial charge in [0.15, 0.2) is 0 Å². The van der Waals surface area contributed by atoms with Crippen molar-refractivity contribution in [2.75, 3.05) is 37.7 Å². The van der Waals surface area contributed by atoms with Gasteiger partial charge in [0.05, 0.1) is 30.4 Å². The van der Waals surface area contributed by atoms with Crippen LogP contribution < -0.4 is 15.0 Å². The Labute approximate surface area is 204 Å². The Hall–Kier alpha value is -2.45. The summed E-state index contributed by atoms with van der Waals surface area (Å²) in [4.78, 5) is 25.3. The van der Waals surface area contributed by atoms with Crippen molar-refractivity contribution in [1.29, 1.82) is 0 Å². The van der Waals surface area contributed by atoms with Crippen LogP contribution in [-0.4, -0.2) is 65.6 Å². The predicted octanol–water partition coefficient (Wildman–Crippen LogP) is 3.46. The van der Waals surface area contributed by atoms with Gasteiger partial charge in [-0.2, -0.15) is 0 Å². The zero-order valence-corrected chi connectivity index (χ0v) is 20.0. The third-order valence-corrected chi connectivity index (χ3v) is 7.47. The molecule has 3 aliphatic rings. The first-order chi connectivity index (χ1) is 16.5. The Balaban J connectivity index is 1.02. The number of aromatic nitrogens is 2. The molecule has 2 bridgehead atoms. The second-order valence-corrected chi connectivity index (χ2v) is 10.0. The summed E-state index contributed by atoms with van der Waals surface area (Å²) in [5.41, 5.74) is 0.435. The van der Waals surface area contributed by atoms with E-state index in [0.29, 0.717) is 34.9 Å². The summed E-state index contributed by atoms with van der Waals surface area (Å²) in [6.07, 6.45) is 8.58. The quantitative estimate of drug-likeness (QED) is 0.575. The molecule has 0 saturated carbocycles. The molecule has 3 aliphatic heterocycles. The van der Waals surface area contributed by atoms with Crippen LogP contribution in [0.2, 0.25) is 5.02 Å². The SMILES string of the molecule is O=C(Cc1ccc(OCCCC2CCN(c3ncc(Cl)cn3)CC2)cc1F)N1C[C@H]2C[C@@H]1CN2. The lowest BCUT2D eigenvalue weighted by Gasteiger charge is -2.31. The summed E-state index contributed by atoms with van der Waals surface area (Å²) >= 11 is 5.87. The normalized spacial score (nSPS) is 22.4. The first kappa shape index (κ1) is 23.3. The van der Waals surface area contributed by atoms with Crippen molar-refractivity contribution in [2.24, 2.45) is 5.92 Å². The number of piperidine rings is 1. The van der Waals surface area contributed by atoms with Gasteiger partial charge in [0.25, 0.3) is 0 Å². The van der Waals surface area contributed by atoms with Crippen molar-refractivity contribution in [3.63, 3.8) is 0 Å². The van der Waals surface area contributed by atoms with E-state index >= 15 is 0 Å². The highest BCUT2D eigenvalue weighted by atomic mass is 35.5. The molecule has 0 aliphatic carbocycles. The monoisotopic (exact) mass is 487 g/mol. The van der Waals surface area contributed by atoms with Gasteiger partial charge in [-0.3, -0.25) is 4.79 Å². The van der Waals surface area contributed by atoms with Crippen molar-refractivity contribution in [3.05, 3.63) is 47.0 Å². The van der Waals surface area contributed by atoms with Crippen molar-refractivity contribution in [3.8, 4) is 5.75 Å². The van der Waals surface area contributed by atoms with Crippen LogP contribution in [-0.2, 0) is 11.2 Å². The number of nitrogens with zero attached hydrogens (tertiary/aromatic N) is 4. The first-order valence-electron chi connectivity index (χ1n) is 12.2. The Morgan fingerprint density at radius 1 is 1.24 bits per heavy atom. The molecular formula is C25H31ClFN5O2. The third-order valence-electron chi connectivity index (χ3n) is 7.27. The van der Waals surface area contributed by atoms with E-state index in [2.05, 4.69) is 20.2 Å². The summed E-state index contributed by atoms with van der Waals surface area (Å²) < 4.78 is 20.4. The molecule has 0 spiro atoms. The molecule has 1 aromatic heterocycles. The number of nitrogens with one attached hydrogen (secondary N) is 1. The number of fused-ring (bicyclic) bond motifs is 2. The van der Waals surface area contributed by atoms with Crippen LogP contribution in [0.4, 0.5) is 10.3 Å². The highest BCUT2D eigenvalue weighted by molar-refractivity contribution is 6.30. The van der Waals surface area contributed by atoms with Gasteiger partial charge in [-0.1, -0.05) is 17.7 Å². The molecule has 3 fully saturated rings. The van der Waals surface area contributed by atoms with Crippen LogP contribution in [0.3, 0.4) is 0 Å². The van der Waals surface area contributed by atoms with Crippen LogP contribution in [0.15, 0.2) is 30.6 Å². The fourth-order valence-corrected chi connectivity index (χ4v) is 5.44. The minimum absolute atomic E-state index is 0.00948. The summed E-state index contributed by atoms with van der Waals surface area (Å²) in [7, 11) is 0. The zero-order valence-electron chi connectivity index (χ0n) is 19.3. The van der Waals surface area contributed by atoms with Crippen LogP contribution in [0.1, 0.15) is 37.7 Å². The van der Waals surface area contributed by atoms with E-state index in [-0.39, 0.29) is 24.2 Å². The van der Waals surface area contributed by atoms with E-state index < -0.39 is 0 Å². The topological polar surface area (TPSA) is 70.6 Å². The van der Waals surface area contributed by atoms with Gasteiger partial charge in [0, 0.05) is 44.3 Å². The number of halogens is 2. The Bertz CT molecular complexity index is 999. The highest BCUT2D eigenvalue weighted by Gasteiger charge is 2.39. The molecule has 1 amide bonds. The van der Waals surface area contributed by atoms with E-state index in [9.17, 15) is 9.18 Å². The maximum Gasteiger partial charge on any atom is 0.227 e. The maximum absolute atomic E-state index is 14.6. The van der Waals surface area contributed by atoms with Crippen molar-refractivity contribution in [1.82, 2.24) is 20.2 Å². The summed E-state index contributed by atoms with van der Waals surface area (Å²) in [5, 5.41) is 3.93. The fourth-order valence-electron chi connectivity index (χ4n) is 5.34. The maximum atomic E-state index is 14.6. The molecule has 7 nitrogen and oxygen atoms in total. The van der Waals surface area contributed by atoms with Crippen molar-refractivity contribution < 1.29 is 13.9 Å². The van der Waals surface area contributed by atoms with Crippen LogP contribution in [0.25, 0.3) is 0 Å². The molecule has 4 heterocycles. The van der Waals surface area contributed by atoms with Gasteiger partial charge < -0.3 is 19.9 Å². The molecule has 1 N–H and O–H groups in total. The van der Waals surface area contributed by atoms with E-state index in [1.165, 1.54) is 6.07 Å². The molecule has 2 atom stereocenters. The third kappa shape index (κ3) is 5.44. The van der Waals surface area contributed by atoms with Crippen molar-refractivity contribution >= 4 is 23.5 Å². The number of rotatable bonds is 8. The second-order valence-electron chi connectivity index (χ2n) is 9.59. The number of amides is 1. The van der Waals surface area contributed by atoms with Gasteiger partial charge in [0.2, 0.25) is 11.9 Å². The molecule has 0 unspecified atom stereocenters. The van der Waals surface area contributed by atoms with Crippen molar-refractivity contribution in [2.45, 2.75) is 50.6 Å². The smallest absolute Gasteiger partial charge is 0.227 e. The van der Waals surface area contributed by atoms with Gasteiger partial charge in [-0.05, 0) is 49.7 Å². The number of hydrogen-bond acceptors (Lipinski definition) is 6. The number of hydrogen-bond donors (Lipinski definition) is 1. The lowest BCUT2D eigenvalue weighted by Crippen LogP contribution is -2.47. The molecule has 3 saturated heterocycles. The van der Waals surface area contributed by atoms with E-state index in [1.807, 2.05) is 4.90 Å². The number of piperazine rings is 1. The van der Waals surface area contributed by atoms with E-state index in [0.717, 1.165) is 64.2 Å². The standard InChI is InChI=1S/C25H31ClFN5O2/c26-19-13-29-25(30-14-19)31-7-5-17(6-8-31)2-1-9-34-22-4-3-18(23(27)12-22)10-24(33)32-16-20-11-21(32)15-28-20/h3-4,12-14,17,20-21,28H,1-2,5-11,15-16H2/t20-,21-/m1/s1. The Morgan fingerprint density at radius 2 is 2.03 bits per heavy atom. The largest absolute Gasteiger partial charge is 0.493 e. The molecular weight excluding hydrogens is 457 g/mol. The molecule has 182 valence electrons. The average molecular weight is 488 g/mol. The van der Waals surface area contributed by atoms with Gasteiger partial charge in [-0.15, -0.1) is 0 Å². The van der Waals surface area contributed by atoms with Gasteiger partial charge in [0.1, 0.15) is 11.6 Å². The van der Waals surface area contributed by atoms with Gasteiger partial charge >= 0.3 is 0 Å². The molecule has 2 aromatic rings. The van der Waals surface area contributed by atoms with Crippen LogP contribution >= 0.6 is 11.6 Å². The number of ether oxygens (including phenoxy) is 1. The van der Waals surface area contributed by atoms with E-state index in [1.54, 1.807) is 24.5 Å². The minimum atomic E-state index is -0.370. The summed E-state index contributed by atoms with van der Waals surface area (Å²) in [6, 6.07) is 5.53. The Morgan fingerprint density at radius 3 is 2.71 bits per heavy atom. The molecule has 0 radical (unpaired) electrons.